The number of hydrogen-bond donors (Lipinski definition) is 0. The van der Waals surface area contributed by atoms with Crippen LogP contribution in [0.4, 0.5) is 0 Å². The molecule has 0 rings (SSSR count). The maximum atomic E-state index is 2.27. The van der Waals surface area contributed by atoms with Crippen LogP contribution in [0.15, 0.2) is 0 Å². The van der Waals surface area contributed by atoms with Crippen LogP contribution in [0.5, 0.6) is 0 Å². The van der Waals surface area contributed by atoms with Gasteiger partial charge in [-0.05, 0) is 0 Å². The van der Waals surface area contributed by atoms with Crippen molar-refractivity contribution in [2.75, 3.05) is 0 Å². The summed E-state index contributed by atoms with van der Waals surface area (Å²) in [5, 5.41) is 0. The second kappa shape index (κ2) is 95.8. The molecule has 0 amide bonds. The van der Waals surface area contributed by atoms with E-state index in [1.54, 1.807) is 0 Å². The van der Waals surface area contributed by atoms with Crippen LogP contribution in [-0.2, 0) is 0 Å². The molecule has 0 aromatic heterocycles. The van der Waals surface area contributed by atoms with E-state index < -0.39 is 0 Å². The van der Waals surface area contributed by atoms with Crippen molar-refractivity contribution in [1.29, 1.82) is 0 Å². The Morgan fingerprint density at radius 2 is 0.145 bits per heavy atom. The Morgan fingerprint density at radius 3 is 0.194 bits per heavy atom. The van der Waals surface area contributed by atoms with Crippen LogP contribution >= 0.6 is 24.8 Å². The van der Waals surface area contributed by atoms with E-state index in [2.05, 4.69) is 83.1 Å². The van der Waals surface area contributed by atoms with Crippen molar-refractivity contribution < 1.29 is 0 Å². The fraction of sp³-hybridized carbons (Fsp3) is 1.00. The molecule has 0 aliphatic carbocycles. The number of rotatable bonds is 42. The Hall–Kier alpha value is 0.580. The van der Waals surface area contributed by atoms with Gasteiger partial charge in [-0.3, -0.25) is 0 Å². The molecule has 0 unspecified atom stereocenters. The van der Waals surface area contributed by atoms with Crippen molar-refractivity contribution in [1.82, 2.24) is 0 Å². The van der Waals surface area contributed by atoms with Crippen LogP contribution in [0.1, 0.15) is 391 Å². The van der Waals surface area contributed by atoms with Crippen LogP contribution in [0.2, 0.25) is 0 Å². The van der Waals surface area contributed by atoms with Gasteiger partial charge >= 0.3 is 0 Å². The third kappa shape index (κ3) is 119. The van der Waals surface area contributed by atoms with Crippen LogP contribution in [0, 0.1) is 0 Å². The summed E-state index contributed by atoms with van der Waals surface area (Å²) in [7, 11) is 0. The summed E-state index contributed by atoms with van der Waals surface area (Å²) in [5.41, 5.74) is 0. The fourth-order valence-electron chi connectivity index (χ4n) is 7.24. The molecule has 0 aromatic rings. The molecule has 2 heteroatoms. The lowest BCUT2D eigenvalue weighted by Crippen LogP contribution is -1.77. The van der Waals surface area contributed by atoms with Crippen molar-refractivity contribution in [3.05, 3.63) is 0 Å². The van der Waals surface area contributed by atoms with E-state index in [4.69, 9.17) is 0 Å². The Kier molecular flexibility index (Phi) is 123. The third-order valence-corrected chi connectivity index (χ3v) is 11.7. The first kappa shape index (κ1) is 79.7. The first-order chi connectivity index (χ1) is 29.5. The standard InChI is InChI=1S/6C10H22.2ClH/c6*1-3-5-7-9-10-8-6-4-2;;/h6*3-10H2,1-2H3;2*1H. The Balaban J connectivity index is -0.0000000935. The van der Waals surface area contributed by atoms with Gasteiger partial charge in [-0.1, -0.05) is 391 Å². The first-order valence-corrected chi connectivity index (χ1v) is 29.5. The number of unbranched alkanes of at least 4 members (excludes halogenated alkanes) is 42. The SMILES string of the molecule is CCCCCCCCCC.CCCCCCCCCC.CCCCCCCCCC.CCCCCCCCCC.CCCCCCCCCC.CCCCCCCCCC.Cl.Cl. The van der Waals surface area contributed by atoms with E-state index in [1.165, 1.54) is 308 Å². The molecule has 0 atom stereocenters. The molecule has 0 aliphatic heterocycles. The summed E-state index contributed by atoms with van der Waals surface area (Å²) in [6, 6.07) is 0. The second-order valence-corrected chi connectivity index (χ2v) is 18.7. The monoisotopic (exact) mass is 925 g/mol. The second-order valence-electron chi connectivity index (χ2n) is 18.7. The third-order valence-electron chi connectivity index (χ3n) is 11.7. The van der Waals surface area contributed by atoms with Gasteiger partial charge in [0.1, 0.15) is 0 Å². The highest BCUT2D eigenvalue weighted by atomic mass is 35.5. The average molecular weight is 927 g/mol. The first-order valence-electron chi connectivity index (χ1n) is 29.5. The molecule has 0 N–H and O–H groups in total. The summed E-state index contributed by atoms with van der Waals surface area (Å²) in [5.74, 6) is 0. The zero-order valence-corrected chi connectivity index (χ0v) is 48.4. The van der Waals surface area contributed by atoms with E-state index in [9.17, 15) is 0 Å². The highest BCUT2D eigenvalue weighted by Gasteiger charge is 1.92. The highest BCUT2D eigenvalue weighted by Crippen LogP contribution is 2.11. The van der Waals surface area contributed by atoms with Gasteiger partial charge in [-0.15, -0.1) is 24.8 Å². The molecule has 0 aromatic carbocycles. The fourth-order valence-corrected chi connectivity index (χ4v) is 7.24. The summed E-state index contributed by atoms with van der Waals surface area (Å²) in [6.07, 6.45) is 68.8. The molecule has 0 aliphatic rings. The molecule has 0 radical (unpaired) electrons. The van der Waals surface area contributed by atoms with Gasteiger partial charge in [0, 0.05) is 0 Å². The van der Waals surface area contributed by atoms with Crippen molar-refractivity contribution >= 4 is 24.8 Å². The lowest BCUT2D eigenvalue weighted by atomic mass is 10.1. The zero-order valence-electron chi connectivity index (χ0n) is 46.8. The smallest absolute Gasteiger partial charge is 0.0533 e. The van der Waals surface area contributed by atoms with Crippen molar-refractivity contribution in [3.8, 4) is 0 Å². The normalized spacial score (nSPS) is 9.87. The van der Waals surface area contributed by atoms with Crippen LogP contribution in [-0.4, -0.2) is 0 Å². The van der Waals surface area contributed by atoms with Crippen molar-refractivity contribution in [2.24, 2.45) is 0 Å². The molecule has 0 saturated heterocycles. The topological polar surface area (TPSA) is 0 Å². The molecular weight excluding hydrogens is 792 g/mol. The largest absolute Gasteiger partial charge is 0.147 e. The predicted molar refractivity (Wildman–Crippen MR) is 304 cm³/mol. The molecule has 0 nitrogen and oxygen atoms in total. The summed E-state index contributed by atoms with van der Waals surface area (Å²) < 4.78 is 0. The minimum Gasteiger partial charge on any atom is -0.147 e. The highest BCUT2D eigenvalue weighted by molar-refractivity contribution is 5.85. The van der Waals surface area contributed by atoms with Crippen LogP contribution in [0.3, 0.4) is 0 Å². The maximum Gasteiger partial charge on any atom is -0.0533 e. The Labute approximate surface area is 414 Å². The van der Waals surface area contributed by atoms with E-state index in [0.717, 1.165) is 0 Å². The van der Waals surface area contributed by atoms with Crippen LogP contribution < -0.4 is 0 Å². The quantitative estimate of drug-likeness (QED) is 0.0535. The lowest BCUT2D eigenvalue weighted by molar-refractivity contribution is 0.585. The Bertz CT molecular complexity index is 377. The number of hydrogen-bond acceptors (Lipinski definition) is 0. The Morgan fingerprint density at radius 1 is 0.0968 bits per heavy atom. The molecule has 0 fully saturated rings. The molecule has 0 heterocycles. The molecule has 388 valence electrons. The predicted octanol–water partition coefficient (Wildman–Crippen LogP) is 25.7. The van der Waals surface area contributed by atoms with E-state index in [0.29, 0.717) is 0 Å². The van der Waals surface area contributed by atoms with Crippen molar-refractivity contribution in [2.45, 2.75) is 391 Å². The molecular formula is C60H134Cl2. The number of halogens is 2. The summed E-state index contributed by atoms with van der Waals surface area (Å²) in [6.45, 7) is 27.2. The van der Waals surface area contributed by atoms with Gasteiger partial charge in [-0.2, -0.15) is 0 Å². The van der Waals surface area contributed by atoms with E-state index in [1.807, 2.05) is 0 Å². The van der Waals surface area contributed by atoms with E-state index in [-0.39, 0.29) is 24.8 Å². The maximum absolute atomic E-state index is 2.27. The van der Waals surface area contributed by atoms with E-state index >= 15 is 0 Å². The minimum atomic E-state index is 0. The lowest BCUT2D eigenvalue weighted by Gasteiger charge is -1.97. The van der Waals surface area contributed by atoms with Gasteiger partial charge < -0.3 is 0 Å². The average Bonchev–Trinajstić information content (AvgIpc) is 3.27. The summed E-state index contributed by atoms with van der Waals surface area (Å²) >= 11 is 0. The van der Waals surface area contributed by atoms with Gasteiger partial charge in [0.15, 0.2) is 0 Å². The van der Waals surface area contributed by atoms with Crippen molar-refractivity contribution in [3.63, 3.8) is 0 Å². The summed E-state index contributed by atoms with van der Waals surface area (Å²) in [4.78, 5) is 0. The molecule has 0 bridgehead atoms. The molecule has 62 heavy (non-hydrogen) atoms. The van der Waals surface area contributed by atoms with Gasteiger partial charge in [-0.25, -0.2) is 0 Å². The van der Waals surface area contributed by atoms with Gasteiger partial charge in [0.2, 0.25) is 0 Å². The molecule has 0 saturated carbocycles. The minimum absolute atomic E-state index is 0. The zero-order chi connectivity index (χ0) is 45.9. The van der Waals surface area contributed by atoms with Crippen LogP contribution in [0.25, 0.3) is 0 Å². The van der Waals surface area contributed by atoms with Gasteiger partial charge in [0.05, 0.1) is 0 Å². The van der Waals surface area contributed by atoms with Gasteiger partial charge in [0.25, 0.3) is 0 Å². The molecule has 0 spiro atoms.